The van der Waals surface area contributed by atoms with Gasteiger partial charge < -0.3 is 0 Å². The molecule has 0 saturated heterocycles. The molecule has 0 saturated carbocycles. The van der Waals surface area contributed by atoms with E-state index in [2.05, 4.69) is 0 Å². The molecule has 102 valence electrons. The van der Waals surface area contributed by atoms with E-state index in [1.165, 1.54) is 38.5 Å². The second kappa shape index (κ2) is 12.3. The molecule has 0 rings (SSSR count). The van der Waals surface area contributed by atoms with Crippen LogP contribution in [0.1, 0.15) is 65.2 Å². The standard InChI is InChI=1S/C16H26O2/c1-15(17)13-11-9-7-5-3-4-6-8-10-12-14-16(2)18/h11-14H,3-10H2,1-2H3/b13-11+,14-12+. The van der Waals surface area contributed by atoms with Gasteiger partial charge in [-0.25, -0.2) is 0 Å². The van der Waals surface area contributed by atoms with E-state index in [9.17, 15) is 9.59 Å². The molecule has 0 bridgehead atoms. The third-order valence-corrected chi connectivity index (χ3v) is 2.70. The second-order valence-electron chi connectivity index (χ2n) is 4.72. The number of carbonyl (C=O) groups is 2. The van der Waals surface area contributed by atoms with Crippen LogP contribution in [-0.4, -0.2) is 11.6 Å². The largest absolute Gasteiger partial charge is 0.295 e. The van der Waals surface area contributed by atoms with E-state index in [0.717, 1.165) is 12.8 Å². The maximum absolute atomic E-state index is 10.6. The van der Waals surface area contributed by atoms with E-state index in [0.29, 0.717) is 0 Å². The molecule has 0 aromatic rings. The van der Waals surface area contributed by atoms with Crippen molar-refractivity contribution in [1.82, 2.24) is 0 Å². The minimum Gasteiger partial charge on any atom is -0.295 e. The summed E-state index contributed by atoms with van der Waals surface area (Å²) in [5.41, 5.74) is 0. The van der Waals surface area contributed by atoms with Crippen molar-refractivity contribution in [2.45, 2.75) is 65.2 Å². The van der Waals surface area contributed by atoms with Crippen LogP contribution in [0.25, 0.3) is 0 Å². The molecule has 0 aliphatic carbocycles. The van der Waals surface area contributed by atoms with E-state index in [1.54, 1.807) is 26.0 Å². The Hall–Kier alpha value is -1.18. The van der Waals surface area contributed by atoms with Crippen molar-refractivity contribution in [2.24, 2.45) is 0 Å². The zero-order chi connectivity index (χ0) is 13.6. The van der Waals surface area contributed by atoms with Gasteiger partial charge in [-0.2, -0.15) is 0 Å². The lowest BCUT2D eigenvalue weighted by Gasteiger charge is -1.99. The quantitative estimate of drug-likeness (QED) is 0.402. The fraction of sp³-hybridized carbons (Fsp3) is 0.625. The van der Waals surface area contributed by atoms with Crippen molar-refractivity contribution in [3.8, 4) is 0 Å². The van der Waals surface area contributed by atoms with E-state index >= 15 is 0 Å². The predicted octanol–water partition coefficient (Wildman–Crippen LogP) is 4.40. The van der Waals surface area contributed by atoms with Gasteiger partial charge in [0.25, 0.3) is 0 Å². The van der Waals surface area contributed by atoms with Gasteiger partial charge in [0.15, 0.2) is 11.6 Å². The van der Waals surface area contributed by atoms with Crippen LogP contribution in [0, 0.1) is 0 Å². The number of allylic oxidation sites excluding steroid dienone is 4. The van der Waals surface area contributed by atoms with Crippen LogP contribution in [0.5, 0.6) is 0 Å². The molecule has 0 amide bonds. The van der Waals surface area contributed by atoms with E-state index in [-0.39, 0.29) is 11.6 Å². The third-order valence-electron chi connectivity index (χ3n) is 2.70. The Labute approximate surface area is 111 Å². The topological polar surface area (TPSA) is 34.1 Å². The summed E-state index contributed by atoms with van der Waals surface area (Å²) in [6, 6.07) is 0. The lowest BCUT2D eigenvalue weighted by molar-refractivity contribution is -0.113. The minimum atomic E-state index is 0.133. The van der Waals surface area contributed by atoms with Gasteiger partial charge in [0, 0.05) is 0 Å². The van der Waals surface area contributed by atoms with Crippen molar-refractivity contribution < 1.29 is 9.59 Å². The maximum Gasteiger partial charge on any atom is 0.152 e. The van der Waals surface area contributed by atoms with Gasteiger partial charge in [-0.3, -0.25) is 9.59 Å². The maximum atomic E-state index is 10.6. The third kappa shape index (κ3) is 14.8. The molecule has 0 unspecified atom stereocenters. The highest BCUT2D eigenvalue weighted by Gasteiger charge is 1.90. The van der Waals surface area contributed by atoms with Gasteiger partial charge in [0.1, 0.15) is 0 Å². The Balaban J connectivity index is 3.17. The number of hydrogen-bond donors (Lipinski definition) is 0. The minimum absolute atomic E-state index is 0.133. The van der Waals surface area contributed by atoms with Crippen molar-refractivity contribution in [1.29, 1.82) is 0 Å². The lowest BCUT2D eigenvalue weighted by Crippen LogP contribution is -1.82. The Kier molecular flexibility index (Phi) is 11.5. The molecule has 0 aliphatic rings. The first-order valence-corrected chi connectivity index (χ1v) is 6.97. The fourth-order valence-electron chi connectivity index (χ4n) is 1.73. The molecule has 0 heterocycles. The molecule has 0 aromatic carbocycles. The summed E-state index contributed by atoms with van der Waals surface area (Å²) in [7, 11) is 0. The number of hydrogen-bond acceptors (Lipinski definition) is 2. The summed E-state index contributed by atoms with van der Waals surface area (Å²) in [6.45, 7) is 3.16. The van der Waals surface area contributed by atoms with Crippen LogP contribution in [-0.2, 0) is 9.59 Å². The summed E-state index contributed by atoms with van der Waals surface area (Å²) in [4.78, 5) is 21.3. The first-order valence-electron chi connectivity index (χ1n) is 6.97. The zero-order valence-corrected chi connectivity index (χ0v) is 11.8. The van der Waals surface area contributed by atoms with Gasteiger partial charge in [-0.1, -0.05) is 37.8 Å². The van der Waals surface area contributed by atoms with E-state index < -0.39 is 0 Å². The van der Waals surface area contributed by atoms with Crippen LogP contribution in [0.4, 0.5) is 0 Å². The molecule has 0 fully saturated rings. The molecular formula is C16H26O2. The Morgan fingerprint density at radius 2 is 1.00 bits per heavy atom. The molecule has 2 nitrogen and oxygen atoms in total. The summed E-state index contributed by atoms with van der Waals surface area (Å²) < 4.78 is 0. The first-order chi connectivity index (χ1) is 8.63. The van der Waals surface area contributed by atoms with Gasteiger partial charge in [0.2, 0.25) is 0 Å². The van der Waals surface area contributed by atoms with Crippen molar-refractivity contribution in [3.63, 3.8) is 0 Å². The summed E-state index contributed by atoms with van der Waals surface area (Å²) >= 11 is 0. The highest BCUT2D eigenvalue weighted by atomic mass is 16.1. The van der Waals surface area contributed by atoms with E-state index in [1.807, 2.05) is 12.2 Å². The van der Waals surface area contributed by atoms with Gasteiger partial charge >= 0.3 is 0 Å². The number of carbonyl (C=O) groups excluding carboxylic acids is 2. The average molecular weight is 250 g/mol. The normalized spacial score (nSPS) is 11.4. The van der Waals surface area contributed by atoms with Gasteiger partial charge in [0.05, 0.1) is 0 Å². The van der Waals surface area contributed by atoms with Crippen molar-refractivity contribution in [3.05, 3.63) is 24.3 Å². The monoisotopic (exact) mass is 250 g/mol. The predicted molar refractivity (Wildman–Crippen MR) is 76.6 cm³/mol. The molecular weight excluding hydrogens is 224 g/mol. The number of rotatable bonds is 11. The zero-order valence-electron chi connectivity index (χ0n) is 11.8. The molecule has 0 N–H and O–H groups in total. The van der Waals surface area contributed by atoms with Crippen LogP contribution >= 0.6 is 0 Å². The number of ketones is 2. The molecule has 0 aliphatic heterocycles. The Morgan fingerprint density at radius 1 is 0.667 bits per heavy atom. The molecule has 0 spiro atoms. The Bertz CT molecular complexity index is 257. The second-order valence-corrected chi connectivity index (χ2v) is 4.72. The first kappa shape index (κ1) is 16.8. The SMILES string of the molecule is CC(=O)/C=C/CCCCCCCC/C=C/C(C)=O. The fourth-order valence-corrected chi connectivity index (χ4v) is 1.73. The van der Waals surface area contributed by atoms with Crippen LogP contribution < -0.4 is 0 Å². The smallest absolute Gasteiger partial charge is 0.152 e. The molecule has 0 atom stereocenters. The summed E-state index contributed by atoms with van der Waals surface area (Å²) in [5.74, 6) is 0.266. The summed E-state index contributed by atoms with van der Waals surface area (Å²) in [6.07, 6.45) is 16.6. The molecule has 0 aromatic heterocycles. The highest BCUT2D eigenvalue weighted by Crippen LogP contribution is 2.09. The van der Waals surface area contributed by atoms with Crippen molar-refractivity contribution in [2.75, 3.05) is 0 Å². The molecule has 2 heteroatoms. The van der Waals surface area contributed by atoms with Gasteiger partial charge in [-0.15, -0.1) is 0 Å². The van der Waals surface area contributed by atoms with Crippen molar-refractivity contribution >= 4 is 11.6 Å². The van der Waals surface area contributed by atoms with E-state index in [4.69, 9.17) is 0 Å². The van der Waals surface area contributed by atoms with Crippen LogP contribution in [0.3, 0.4) is 0 Å². The molecule has 18 heavy (non-hydrogen) atoms. The summed E-state index contributed by atoms with van der Waals surface area (Å²) in [5, 5.41) is 0. The average Bonchev–Trinajstić information content (AvgIpc) is 2.29. The van der Waals surface area contributed by atoms with Crippen LogP contribution in [0.2, 0.25) is 0 Å². The van der Waals surface area contributed by atoms with Gasteiger partial charge in [-0.05, 0) is 51.7 Å². The Morgan fingerprint density at radius 3 is 1.33 bits per heavy atom. The number of unbranched alkanes of at least 4 members (excludes halogenated alkanes) is 7. The molecule has 0 radical (unpaired) electrons. The lowest BCUT2D eigenvalue weighted by atomic mass is 10.1. The highest BCUT2D eigenvalue weighted by molar-refractivity contribution is 5.87. The van der Waals surface area contributed by atoms with Crippen LogP contribution in [0.15, 0.2) is 24.3 Å².